The van der Waals surface area contributed by atoms with Gasteiger partial charge in [0.05, 0.1) is 6.54 Å². The topological polar surface area (TPSA) is 24.4 Å². The van der Waals surface area contributed by atoms with Crippen LogP contribution in [0.2, 0.25) is 0 Å². The molecule has 0 aliphatic rings. The number of hydrogen-bond acceptors (Lipinski definition) is 2. The Hall–Kier alpha value is -0.370. The number of nitrogens with zero attached hydrogens (tertiary/aromatic N) is 1. The highest BCUT2D eigenvalue weighted by Crippen LogP contribution is 1.63. The van der Waals surface area contributed by atoms with E-state index in [0.29, 0.717) is 0 Å². The molecule has 0 aliphatic carbocycles. The molecule has 0 aromatic carbocycles. The summed E-state index contributed by atoms with van der Waals surface area (Å²) in [5, 5.41) is 3.17. The normalized spacial score (nSPS) is 10.8. The average Bonchev–Trinajstić information content (AvgIpc) is 1.81. The van der Waals surface area contributed by atoms with E-state index in [1.165, 1.54) is 0 Å². The third-order valence-corrected chi connectivity index (χ3v) is 0.850. The summed E-state index contributed by atoms with van der Waals surface area (Å²) < 4.78 is 0. The minimum Gasteiger partial charge on any atom is -0.315 e. The Morgan fingerprint density at radius 2 is 2.38 bits per heavy atom. The molecular formula is C6H14N2. The van der Waals surface area contributed by atoms with Gasteiger partial charge in [-0.15, -0.1) is 0 Å². The summed E-state index contributed by atoms with van der Waals surface area (Å²) in [7, 11) is 0. The lowest BCUT2D eigenvalue weighted by Crippen LogP contribution is -2.16. The van der Waals surface area contributed by atoms with Crippen molar-refractivity contribution in [3.8, 4) is 0 Å². The van der Waals surface area contributed by atoms with Gasteiger partial charge in [-0.05, 0) is 19.7 Å². The van der Waals surface area contributed by atoms with Gasteiger partial charge >= 0.3 is 0 Å². The predicted octanol–water partition coefficient (Wildman–Crippen LogP) is 0.687. The fourth-order valence-corrected chi connectivity index (χ4v) is 0.449. The Kier molecular flexibility index (Phi) is 6.32. The van der Waals surface area contributed by atoms with Crippen molar-refractivity contribution < 1.29 is 0 Å². The van der Waals surface area contributed by atoms with Crippen LogP contribution in [-0.4, -0.2) is 25.8 Å². The molecule has 1 N–H and O–H groups in total. The first-order chi connectivity index (χ1) is 3.91. The molecule has 48 valence electrons. The number of rotatable bonds is 4. The molecular weight excluding hydrogens is 100 g/mol. The van der Waals surface area contributed by atoms with Crippen LogP contribution in [-0.2, 0) is 0 Å². The molecule has 0 atom stereocenters. The molecule has 0 saturated heterocycles. The van der Waals surface area contributed by atoms with Crippen molar-refractivity contribution in [2.75, 3.05) is 19.6 Å². The van der Waals surface area contributed by atoms with Crippen molar-refractivity contribution in [1.29, 1.82) is 0 Å². The molecule has 0 bridgehead atoms. The van der Waals surface area contributed by atoms with E-state index in [1.807, 2.05) is 13.1 Å². The Bertz CT molecular complexity index is 59.5. The van der Waals surface area contributed by atoms with Crippen LogP contribution >= 0.6 is 0 Å². The largest absolute Gasteiger partial charge is 0.315 e. The van der Waals surface area contributed by atoms with Gasteiger partial charge in [0.15, 0.2) is 0 Å². The van der Waals surface area contributed by atoms with Gasteiger partial charge in [-0.3, -0.25) is 4.99 Å². The van der Waals surface area contributed by atoms with Gasteiger partial charge < -0.3 is 5.32 Å². The molecule has 0 radical (unpaired) electrons. The molecule has 2 heteroatoms. The van der Waals surface area contributed by atoms with Gasteiger partial charge in [0.1, 0.15) is 0 Å². The summed E-state index contributed by atoms with van der Waals surface area (Å²) in [6, 6.07) is 0. The molecule has 2 nitrogen and oxygen atoms in total. The van der Waals surface area contributed by atoms with E-state index in [-0.39, 0.29) is 0 Å². The van der Waals surface area contributed by atoms with Crippen molar-refractivity contribution in [3.63, 3.8) is 0 Å². The zero-order valence-electron chi connectivity index (χ0n) is 5.65. The minimum absolute atomic E-state index is 0.907. The molecule has 0 aliphatic heterocycles. The summed E-state index contributed by atoms with van der Waals surface area (Å²) in [5.74, 6) is 0. The minimum atomic E-state index is 0.907. The van der Waals surface area contributed by atoms with Crippen LogP contribution < -0.4 is 5.32 Å². The van der Waals surface area contributed by atoms with Crippen LogP contribution in [0.1, 0.15) is 13.8 Å². The van der Waals surface area contributed by atoms with Gasteiger partial charge in [-0.25, -0.2) is 0 Å². The van der Waals surface area contributed by atoms with E-state index in [2.05, 4.69) is 17.2 Å². The highest BCUT2D eigenvalue weighted by molar-refractivity contribution is 5.53. The van der Waals surface area contributed by atoms with Gasteiger partial charge in [-0.1, -0.05) is 6.92 Å². The van der Waals surface area contributed by atoms with E-state index in [1.54, 1.807) is 0 Å². The van der Waals surface area contributed by atoms with Gasteiger partial charge in [0, 0.05) is 6.54 Å². The first-order valence-electron chi connectivity index (χ1n) is 3.07. The van der Waals surface area contributed by atoms with E-state index < -0.39 is 0 Å². The molecule has 0 amide bonds. The molecule has 0 spiro atoms. The van der Waals surface area contributed by atoms with Gasteiger partial charge in [-0.2, -0.15) is 0 Å². The first kappa shape index (κ1) is 7.63. The van der Waals surface area contributed by atoms with E-state index in [4.69, 9.17) is 0 Å². The second-order valence-electron chi connectivity index (χ2n) is 1.52. The lowest BCUT2D eigenvalue weighted by atomic mass is 10.6. The van der Waals surface area contributed by atoms with Crippen LogP contribution in [0.5, 0.6) is 0 Å². The maximum Gasteiger partial charge on any atom is 0.0510 e. The fraction of sp³-hybridized carbons (Fsp3) is 0.833. The van der Waals surface area contributed by atoms with Crippen LogP contribution in [0.25, 0.3) is 0 Å². The fourth-order valence-electron chi connectivity index (χ4n) is 0.449. The molecule has 0 heterocycles. The van der Waals surface area contributed by atoms with Crippen LogP contribution in [0.3, 0.4) is 0 Å². The SMILES string of the molecule is C/C=N\CCNCC. The number of hydrogen-bond donors (Lipinski definition) is 1. The summed E-state index contributed by atoms with van der Waals surface area (Å²) >= 11 is 0. The standard InChI is InChI=1S/C6H14N2/c1-3-7-5-6-8-4-2/h3,8H,4-6H2,1-2H3/b7-3-. The summed E-state index contributed by atoms with van der Waals surface area (Å²) in [5.41, 5.74) is 0. The van der Waals surface area contributed by atoms with E-state index in [0.717, 1.165) is 19.6 Å². The third kappa shape index (κ3) is 5.63. The Morgan fingerprint density at radius 1 is 1.62 bits per heavy atom. The zero-order valence-corrected chi connectivity index (χ0v) is 5.65. The lowest BCUT2D eigenvalue weighted by Gasteiger charge is -1.93. The van der Waals surface area contributed by atoms with Crippen LogP contribution in [0.4, 0.5) is 0 Å². The smallest absolute Gasteiger partial charge is 0.0510 e. The van der Waals surface area contributed by atoms with Crippen molar-refractivity contribution in [1.82, 2.24) is 5.32 Å². The van der Waals surface area contributed by atoms with Crippen LogP contribution in [0, 0.1) is 0 Å². The second-order valence-corrected chi connectivity index (χ2v) is 1.52. The third-order valence-electron chi connectivity index (χ3n) is 0.850. The van der Waals surface area contributed by atoms with Gasteiger partial charge in [0.25, 0.3) is 0 Å². The molecule has 0 rings (SSSR count). The first-order valence-corrected chi connectivity index (χ1v) is 3.07. The summed E-state index contributed by atoms with van der Waals surface area (Å²) in [6.07, 6.45) is 1.83. The highest BCUT2D eigenvalue weighted by Gasteiger charge is 1.75. The van der Waals surface area contributed by atoms with Crippen molar-refractivity contribution >= 4 is 6.21 Å². The zero-order chi connectivity index (χ0) is 6.24. The monoisotopic (exact) mass is 114 g/mol. The lowest BCUT2D eigenvalue weighted by molar-refractivity contribution is 0.726. The molecule has 0 aromatic rings. The Labute approximate surface area is 51.0 Å². The summed E-state index contributed by atoms with van der Waals surface area (Å²) in [6.45, 7) is 6.98. The highest BCUT2D eigenvalue weighted by atomic mass is 14.9. The predicted molar refractivity (Wildman–Crippen MR) is 37.6 cm³/mol. The maximum atomic E-state index is 4.02. The number of nitrogens with one attached hydrogen (secondary N) is 1. The van der Waals surface area contributed by atoms with Crippen LogP contribution in [0.15, 0.2) is 4.99 Å². The number of likely N-dealkylation sites (N-methyl/N-ethyl adjacent to an activating group) is 1. The Balaban J connectivity index is 2.72. The van der Waals surface area contributed by atoms with E-state index in [9.17, 15) is 0 Å². The van der Waals surface area contributed by atoms with Gasteiger partial charge in [0.2, 0.25) is 0 Å². The molecule has 0 unspecified atom stereocenters. The molecule has 0 fully saturated rings. The maximum absolute atomic E-state index is 4.02. The van der Waals surface area contributed by atoms with Crippen molar-refractivity contribution in [2.45, 2.75) is 13.8 Å². The molecule has 8 heavy (non-hydrogen) atoms. The number of aliphatic imine (C=N–C) groups is 1. The quantitative estimate of drug-likeness (QED) is 0.422. The second kappa shape index (κ2) is 6.63. The molecule has 0 aromatic heterocycles. The van der Waals surface area contributed by atoms with Crippen molar-refractivity contribution in [3.05, 3.63) is 0 Å². The average molecular weight is 114 g/mol. The molecule has 0 saturated carbocycles. The summed E-state index contributed by atoms with van der Waals surface area (Å²) in [4.78, 5) is 4.02. The van der Waals surface area contributed by atoms with E-state index >= 15 is 0 Å². The Morgan fingerprint density at radius 3 is 2.88 bits per heavy atom. The van der Waals surface area contributed by atoms with Crippen molar-refractivity contribution in [2.24, 2.45) is 4.99 Å².